The monoisotopic (exact) mass is 410 g/mol. The number of aromatic nitrogens is 4. The van der Waals surface area contributed by atoms with Crippen LogP contribution >= 0.6 is 11.8 Å². The summed E-state index contributed by atoms with van der Waals surface area (Å²) in [5, 5.41) is 11.7. The zero-order valence-corrected chi connectivity index (χ0v) is 16.7. The molecule has 29 heavy (non-hydrogen) atoms. The lowest BCUT2D eigenvalue weighted by Crippen LogP contribution is -2.13. The molecule has 0 bridgehead atoms. The Balaban J connectivity index is 1.62. The summed E-state index contributed by atoms with van der Waals surface area (Å²) >= 11 is 1.33. The van der Waals surface area contributed by atoms with Crippen LogP contribution < -0.4 is 5.56 Å². The first kappa shape index (κ1) is 19.0. The quantitative estimate of drug-likeness (QED) is 0.384. The smallest absolute Gasteiger partial charge is 0.373 e. The van der Waals surface area contributed by atoms with E-state index in [1.165, 1.54) is 29.0 Å². The van der Waals surface area contributed by atoms with Gasteiger partial charge in [0.15, 0.2) is 0 Å². The number of hydrogen-bond donors (Lipinski definition) is 1. The van der Waals surface area contributed by atoms with Crippen molar-refractivity contribution in [3.63, 3.8) is 0 Å². The van der Waals surface area contributed by atoms with E-state index in [1.54, 1.807) is 18.2 Å². The molecule has 0 spiro atoms. The number of thioether (sulfide) groups is 1. The zero-order chi connectivity index (χ0) is 20.4. The summed E-state index contributed by atoms with van der Waals surface area (Å²) in [6, 6.07) is 13.1. The highest BCUT2D eigenvalue weighted by atomic mass is 32.2. The molecule has 0 aliphatic carbocycles. The molecule has 1 N–H and O–H groups in total. The average molecular weight is 410 g/mol. The number of esters is 1. The van der Waals surface area contributed by atoms with Gasteiger partial charge in [0.25, 0.3) is 5.56 Å². The van der Waals surface area contributed by atoms with E-state index in [4.69, 9.17) is 4.42 Å². The molecule has 0 saturated heterocycles. The summed E-state index contributed by atoms with van der Waals surface area (Å²) in [6.07, 6.45) is 0.959. The topological polar surface area (TPSA) is 102 Å². The summed E-state index contributed by atoms with van der Waals surface area (Å²) < 4.78 is 11.6. The van der Waals surface area contributed by atoms with Crippen molar-refractivity contribution in [3.05, 3.63) is 69.9 Å². The molecule has 9 heteroatoms. The number of nitrogens with zero attached hydrogens (tertiary/aromatic N) is 3. The Labute approximate surface area is 169 Å². The van der Waals surface area contributed by atoms with Crippen molar-refractivity contribution < 1.29 is 13.9 Å². The molecule has 8 nitrogen and oxygen atoms in total. The van der Waals surface area contributed by atoms with E-state index in [9.17, 15) is 9.59 Å². The van der Waals surface area contributed by atoms with Gasteiger partial charge in [-0.25, -0.2) is 14.4 Å². The van der Waals surface area contributed by atoms with Crippen LogP contribution in [0, 0.1) is 0 Å². The van der Waals surface area contributed by atoms with Crippen LogP contribution in [-0.4, -0.2) is 32.9 Å². The third-order valence-corrected chi connectivity index (χ3v) is 5.38. The summed E-state index contributed by atoms with van der Waals surface area (Å²) in [5.41, 5.74) is 2.95. The van der Waals surface area contributed by atoms with E-state index in [1.807, 2.05) is 24.3 Å². The Hall–Kier alpha value is -3.33. The maximum Gasteiger partial charge on any atom is 0.373 e. The third kappa shape index (κ3) is 3.81. The number of aromatic amines is 1. The largest absolute Gasteiger partial charge is 0.463 e. The molecule has 1 aromatic carbocycles. The van der Waals surface area contributed by atoms with E-state index >= 15 is 0 Å². The van der Waals surface area contributed by atoms with E-state index < -0.39 is 5.97 Å². The van der Waals surface area contributed by atoms with Crippen LogP contribution in [0.3, 0.4) is 0 Å². The molecule has 0 radical (unpaired) electrons. The number of hydrogen-bond acceptors (Lipinski definition) is 7. The first-order valence-corrected chi connectivity index (χ1v) is 9.95. The van der Waals surface area contributed by atoms with Crippen LogP contribution in [0.25, 0.3) is 16.8 Å². The fraction of sp³-hybridized carbons (Fsp3) is 0.200. The summed E-state index contributed by atoms with van der Waals surface area (Å²) in [4.78, 5) is 23.7. The van der Waals surface area contributed by atoms with Gasteiger partial charge in [0.2, 0.25) is 10.9 Å². The number of benzene rings is 1. The van der Waals surface area contributed by atoms with Crippen LogP contribution in [0.5, 0.6) is 0 Å². The second kappa shape index (κ2) is 7.96. The van der Waals surface area contributed by atoms with Crippen LogP contribution in [0.2, 0.25) is 0 Å². The molecule has 4 rings (SSSR count). The van der Waals surface area contributed by atoms with Crippen LogP contribution in [0.15, 0.2) is 56.8 Å². The van der Waals surface area contributed by atoms with Crippen molar-refractivity contribution in [2.45, 2.75) is 24.3 Å². The first-order valence-electron chi connectivity index (χ1n) is 8.96. The lowest BCUT2D eigenvalue weighted by atomic mass is 10.1. The SMILES string of the molecule is CCc1ccc(-c2cc3c(=O)[nH]nc(SCc4ccc(C(=O)OC)o4)n3n2)cc1. The van der Waals surface area contributed by atoms with Gasteiger partial charge in [-0.3, -0.25) is 4.79 Å². The number of rotatable bonds is 6. The Morgan fingerprint density at radius 1 is 1.24 bits per heavy atom. The summed E-state index contributed by atoms with van der Waals surface area (Å²) in [5.74, 6) is 0.598. The maximum absolute atomic E-state index is 12.2. The number of furan rings is 1. The minimum absolute atomic E-state index is 0.138. The first-order chi connectivity index (χ1) is 14.1. The molecule has 0 aliphatic heterocycles. The summed E-state index contributed by atoms with van der Waals surface area (Å²) in [6.45, 7) is 2.10. The lowest BCUT2D eigenvalue weighted by Gasteiger charge is -2.01. The van der Waals surface area contributed by atoms with Crippen molar-refractivity contribution in [2.75, 3.05) is 7.11 Å². The van der Waals surface area contributed by atoms with E-state index in [0.29, 0.717) is 27.9 Å². The maximum atomic E-state index is 12.2. The van der Waals surface area contributed by atoms with E-state index in [0.717, 1.165) is 12.0 Å². The van der Waals surface area contributed by atoms with Gasteiger partial charge in [0.05, 0.1) is 18.6 Å². The highest BCUT2D eigenvalue weighted by molar-refractivity contribution is 7.98. The van der Waals surface area contributed by atoms with Gasteiger partial charge in [-0.2, -0.15) is 5.10 Å². The third-order valence-electron chi connectivity index (χ3n) is 4.43. The van der Waals surface area contributed by atoms with Crippen LogP contribution in [0.4, 0.5) is 0 Å². The number of carbonyl (C=O) groups excluding carboxylic acids is 1. The minimum Gasteiger partial charge on any atom is -0.463 e. The lowest BCUT2D eigenvalue weighted by molar-refractivity contribution is 0.0563. The second-order valence-corrected chi connectivity index (χ2v) is 7.20. The molecule has 0 saturated carbocycles. The molecule has 148 valence electrons. The minimum atomic E-state index is -0.531. The van der Waals surface area contributed by atoms with Gasteiger partial charge in [0, 0.05) is 5.56 Å². The molecule has 0 unspecified atom stereocenters. The molecule has 0 amide bonds. The number of nitrogens with one attached hydrogen (secondary N) is 1. The highest BCUT2D eigenvalue weighted by Gasteiger charge is 2.15. The van der Waals surface area contributed by atoms with Crippen molar-refractivity contribution in [1.82, 2.24) is 19.8 Å². The van der Waals surface area contributed by atoms with Crippen molar-refractivity contribution in [2.24, 2.45) is 0 Å². The molecule has 3 aromatic heterocycles. The molecule has 4 aromatic rings. The number of H-pyrrole nitrogens is 1. The van der Waals surface area contributed by atoms with Crippen LogP contribution in [-0.2, 0) is 16.9 Å². The van der Waals surface area contributed by atoms with E-state index in [-0.39, 0.29) is 11.3 Å². The van der Waals surface area contributed by atoms with Crippen molar-refractivity contribution >= 4 is 23.2 Å². The van der Waals surface area contributed by atoms with Gasteiger partial charge in [-0.15, -0.1) is 5.10 Å². The predicted molar refractivity (Wildman–Crippen MR) is 108 cm³/mol. The standard InChI is InChI=1S/C20H18N4O4S/c1-3-12-4-6-13(7-5-12)15-10-16-18(25)21-22-20(24(16)23-15)29-11-14-8-9-17(28-14)19(26)27-2/h4-10H,3,11H2,1-2H3,(H,21,25). The Morgan fingerprint density at radius 3 is 2.76 bits per heavy atom. The van der Waals surface area contributed by atoms with Crippen molar-refractivity contribution in [1.29, 1.82) is 0 Å². The van der Waals surface area contributed by atoms with Gasteiger partial charge < -0.3 is 9.15 Å². The fourth-order valence-electron chi connectivity index (χ4n) is 2.84. The summed E-state index contributed by atoms with van der Waals surface area (Å²) in [7, 11) is 1.30. The zero-order valence-electron chi connectivity index (χ0n) is 15.8. The average Bonchev–Trinajstić information content (AvgIpc) is 3.41. The molecule has 0 aliphatic rings. The number of ether oxygens (including phenoxy) is 1. The van der Waals surface area contributed by atoms with Crippen LogP contribution in [0.1, 0.15) is 28.8 Å². The second-order valence-electron chi connectivity index (χ2n) is 6.26. The number of fused-ring (bicyclic) bond motifs is 1. The number of aryl methyl sites for hydroxylation is 1. The fourth-order valence-corrected chi connectivity index (χ4v) is 3.64. The molecule has 0 atom stereocenters. The van der Waals surface area contributed by atoms with E-state index in [2.05, 4.69) is 27.0 Å². The molecule has 0 fully saturated rings. The van der Waals surface area contributed by atoms with Gasteiger partial charge >= 0.3 is 5.97 Å². The predicted octanol–water partition coefficient (Wildman–Crippen LogP) is 3.32. The molecular formula is C20H18N4O4S. The Morgan fingerprint density at radius 2 is 2.03 bits per heavy atom. The number of carbonyl (C=O) groups is 1. The van der Waals surface area contributed by atoms with Gasteiger partial charge in [-0.05, 0) is 30.2 Å². The Kier molecular flexibility index (Phi) is 5.22. The number of methoxy groups -OCH3 is 1. The van der Waals surface area contributed by atoms with Gasteiger partial charge in [-0.1, -0.05) is 43.0 Å². The Bertz CT molecular complexity index is 1220. The van der Waals surface area contributed by atoms with Crippen molar-refractivity contribution in [3.8, 4) is 11.3 Å². The molecular weight excluding hydrogens is 392 g/mol. The highest BCUT2D eigenvalue weighted by Crippen LogP contribution is 2.25. The molecule has 3 heterocycles. The normalized spacial score (nSPS) is 11.1. The van der Waals surface area contributed by atoms with Gasteiger partial charge in [0.1, 0.15) is 11.3 Å².